The molecule has 0 spiro atoms. The number of halogens is 1. The number of nitrogens with zero attached hydrogens (tertiary/aromatic N) is 2. The Morgan fingerprint density at radius 2 is 2.24 bits per heavy atom. The van der Waals surface area contributed by atoms with Crippen LogP contribution in [-0.2, 0) is 11.2 Å². The molecule has 94 valence electrons. The van der Waals surface area contributed by atoms with Crippen LogP contribution < -0.4 is 5.32 Å². The van der Waals surface area contributed by atoms with Gasteiger partial charge >= 0.3 is 5.97 Å². The number of hydrogen-bond acceptors (Lipinski definition) is 5. The lowest BCUT2D eigenvalue weighted by Crippen LogP contribution is -2.42. The molecule has 0 radical (unpaired) electrons. The number of rotatable bonds is 5. The van der Waals surface area contributed by atoms with Crippen molar-refractivity contribution < 1.29 is 19.4 Å². The summed E-state index contributed by atoms with van der Waals surface area (Å²) in [5, 5.41) is 20.6. The Kier molecular flexibility index (Phi) is 3.95. The van der Waals surface area contributed by atoms with Crippen LogP contribution in [0, 0.1) is 5.82 Å². The summed E-state index contributed by atoms with van der Waals surface area (Å²) >= 11 is 0. The summed E-state index contributed by atoms with van der Waals surface area (Å²) in [7, 11) is 0. The van der Waals surface area contributed by atoms with Crippen LogP contribution >= 0.6 is 0 Å². The lowest BCUT2D eigenvalue weighted by atomic mass is 10.1. The maximum absolute atomic E-state index is 13.6. The van der Waals surface area contributed by atoms with Crippen LogP contribution in [0.2, 0.25) is 0 Å². The molecular weight excluding hydrogens is 229 g/mol. The number of anilines is 1. The molecule has 1 unspecified atom stereocenters. The molecule has 6 nitrogen and oxygen atoms in total. The molecule has 0 saturated heterocycles. The van der Waals surface area contributed by atoms with Crippen LogP contribution in [-0.4, -0.2) is 38.3 Å². The van der Waals surface area contributed by atoms with Crippen LogP contribution in [0.25, 0.3) is 0 Å². The number of carboxylic acids is 1. The molecule has 0 fully saturated rings. The monoisotopic (exact) mass is 243 g/mol. The zero-order valence-electron chi connectivity index (χ0n) is 9.57. The number of nitrogens with one attached hydrogen (secondary N) is 1. The average molecular weight is 243 g/mol. The van der Waals surface area contributed by atoms with E-state index in [1.54, 1.807) is 6.92 Å². The fraction of sp³-hybridized carbons (Fsp3) is 0.500. The van der Waals surface area contributed by atoms with Crippen molar-refractivity contribution >= 4 is 11.8 Å². The smallest absolute Gasteiger partial charge is 0.337 e. The summed E-state index contributed by atoms with van der Waals surface area (Å²) in [6.45, 7) is 2.50. The maximum Gasteiger partial charge on any atom is 0.337 e. The molecule has 17 heavy (non-hydrogen) atoms. The molecule has 0 aliphatic heterocycles. The predicted molar refractivity (Wildman–Crippen MR) is 58.1 cm³/mol. The van der Waals surface area contributed by atoms with Gasteiger partial charge in [0.1, 0.15) is 6.33 Å². The minimum atomic E-state index is -1.98. The van der Waals surface area contributed by atoms with Crippen molar-refractivity contribution in [1.29, 1.82) is 0 Å². The molecule has 0 amide bonds. The molecule has 1 aromatic heterocycles. The Bertz CT molecular complexity index is 423. The normalized spacial score (nSPS) is 14.1. The Balaban J connectivity index is 2.80. The third kappa shape index (κ3) is 3.10. The second-order valence-electron chi connectivity index (χ2n) is 3.77. The van der Waals surface area contributed by atoms with E-state index < -0.39 is 17.4 Å². The van der Waals surface area contributed by atoms with E-state index in [0.717, 1.165) is 6.92 Å². The van der Waals surface area contributed by atoms with E-state index in [9.17, 15) is 14.3 Å². The standard InChI is InChI=1S/C10H14FN3O3/c1-3-6-7(11)8(14-5-13-6)12-4-10(2,17)9(15)16/h5,17H,3-4H2,1-2H3,(H,15,16)(H,12,13,14). The number of aliphatic hydroxyl groups is 1. The van der Waals surface area contributed by atoms with E-state index in [2.05, 4.69) is 15.3 Å². The summed E-state index contributed by atoms with van der Waals surface area (Å²) in [4.78, 5) is 18.0. The summed E-state index contributed by atoms with van der Waals surface area (Å²) in [5.74, 6) is -2.13. The van der Waals surface area contributed by atoms with Crippen molar-refractivity contribution in [3.63, 3.8) is 0 Å². The van der Waals surface area contributed by atoms with Gasteiger partial charge in [0, 0.05) is 0 Å². The highest BCUT2D eigenvalue weighted by molar-refractivity contribution is 5.77. The average Bonchev–Trinajstić information content (AvgIpc) is 2.27. The zero-order chi connectivity index (χ0) is 13.1. The fourth-order valence-electron chi connectivity index (χ4n) is 1.11. The van der Waals surface area contributed by atoms with Gasteiger partial charge in [0.2, 0.25) is 0 Å². The number of carbonyl (C=O) groups is 1. The third-order valence-corrected chi connectivity index (χ3v) is 2.26. The first-order valence-corrected chi connectivity index (χ1v) is 5.07. The summed E-state index contributed by atoms with van der Waals surface area (Å²) in [5.41, 5.74) is -1.75. The van der Waals surface area contributed by atoms with E-state index >= 15 is 0 Å². The summed E-state index contributed by atoms with van der Waals surface area (Å²) in [6, 6.07) is 0. The highest BCUT2D eigenvalue weighted by atomic mass is 19.1. The number of aryl methyl sites for hydroxylation is 1. The van der Waals surface area contributed by atoms with Gasteiger partial charge < -0.3 is 15.5 Å². The number of carboxylic acid groups (broad SMARTS) is 1. The molecule has 0 bridgehead atoms. The van der Waals surface area contributed by atoms with E-state index in [-0.39, 0.29) is 18.1 Å². The second-order valence-corrected chi connectivity index (χ2v) is 3.77. The van der Waals surface area contributed by atoms with E-state index in [1.165, 1.54) is 6.33 Å². The first-order chi connectivity index (χ1) is 7.88. The van der Waals surface area contributed by atoms with Crippen molar-refractivity contribution in [3.8, 4) is 0 Å². The predicted octanol–water partition coefficient (Wildman–Crippen LogP) is 0.426. The van der Waals surface area contributed by atoms with E-state index in [1.807, 2.05) is 0 Å². The minimum absolute atomic E-state index is 0.113. The second kappa shape index (κ2) is 5.05. The van der Waals surface area contributed by atoms with Gasteiger partial charge in [-0.25, -0.2) is 19.2 Å². The maximum atomic E-state index is 13.6. The van der Waals surface area contributed by atoms with E-state index in [4.69, 9.17) is 5.11 Å². The topological polar surface area (TPSA) is 95.3 Å². The van der Waals surface area contributed by atoms with Gasteiger partial charge in [0.05, 0.1) is 12.2 Å². The molecule has 0 aliphatic rings. The Labute approximate surface area is 97.5 Å². The van der Waals surface area contributed by atoms with E-state index in [0.29, 0.717) is 6.42 Å². The molecule has 1 aromatic rings. The molecular formula is C10H14FN3O3. The fourth-order valence-corrected chi connectivity index (χ4v) is 1.11. The Morgan fingerprint density at radius 1 is 1.59 bits per heavy atom. The Hall–Kier alpha value is -1.76. The van der Waals surface area contributed by atoms with Crippen LogP contribution in [0.3, 0.4) is 0 Å². The molecule has 7 heteroatoms. The lowest BCUT2D eigenvalue weighted by molar-refractivity contribution is -0.155. The van der Waals surface area contributed by atoms with Crippen molar-refractivity contribution in [2.45, 2.75) is 25.9 Å². The summed E-state index contributed by atoms with van der Waals surface area (Å²) in [6.07, 6.45) is 1.58. The Morgan fingerprint density at radius 3 is 2.76 bits per heavy atom. The van der Waals surface area contributed by atoms with Gasteiger partial charge in [-0.2, -0.15) is 0 Å². The highest BCUT2D eigenvalue weighted by Crippen LogP contribution is 2.14. The summed E-state index contributed by atoms with van der Waals surface area (Å²) < 4.78 is 13.6. The first-order valence-electron chi connectivity index (χ1n) is 5.07. The molecule has 1 atom stereocenters. The van der Waals surface area contributed by atoms with Crippen LogP contribution in [0.1, 0.15) is 19.5 Å². The van der Waals surface area contributed by atoms with Gasteiger partial charge in [-0.1, -0.05) is 6.92 Å². The van der Waals surface area contributed by atoms with Gasteiger partial charge in [-0.05, 0) is 13.3 Å². The highest BCUT2D eigenvalue weighted by Gasteiger charge is 2.30. The van der Waals surface area contributed by atoms with Gasteiger partial charge in [0.15, 0.2) is 17.2 Å². The molecule has 0 aliphatic carbocycles. The lowest BCUT2D eigenvalue weighted by Gasteiger charge is -2.18. The largest absolute Gasteiger partial charge is 0.479 e. The molecule has 0 saturated carbocycles. The number of aliphatic carboxylic acids is 1. The zero-order valence-corrected chi connectivity index (χ0v) is 9.57. The van der Waals surface area contributed by atoms with Gasteiger partial charge in [-0.3, -0.25) is 0 Å². The number of aromatic nitrogens is 2. The first kappa shape index (κ1) is 13.3. The van der Waals surface area contributed by atoms with Crippen LogP contribution in [0.15, 0.2) is 6.33 Å². The minimum Gasteiger partial charge on any atom is -0.479 e. The SMILES string of the molecule is CCc1ncnc(NCC(C)(O)C(=O)O)c1F. The van der Waals surface area contributed by atoms with Gasteiger partial charge in [-0.15, -0.1) is 0 Å². The third-order valence-electron chi connectivity index (χ3n) is 2.26. The van der Waals surface area contributed by atoms with Crippen molar-refractivity contribution in [2.24, 2.45) is 0 Å². The van der Waals surface area contributed by atoms with Crippen LogP contribution in [0.4, 0.5) is 10.2 Å². The van der Waals surface area contributed by atoms with Crippen molar-refractivity contribution in [2.75, 3.05) is 11.9 Å². The molecule has 1 rings (SSSR count). The van der Waals surface area contributed by atoms with Crippen LogP contribution in [0.5, 0.6) is 0 Å². The molecule has 1 heterocycles. The molecule has 3 N–H and O–H groups in total. The van der Waals surface area contributed by atoms with Crippen molar-refractivity contribution in [3.05, 3.63) is 17.8 Å². The van der Waals surface area contributed by atoms with Gasteiger partial charge in [0.25, 0.3) is 0 Å². The van der Waals surface area contributed by atoms with Crippen molar-refractivity contribution in [1.82, 2.24) is 9.97 Å². The quantitative estimate of drug-likeness (QED) is 0.694. The number of hydrogen-bond donors (Lipinski definition) is 3. The molecule has 0 aromatic carbocycles.